The van der Waals surface area contributed by atoms with Crippen LogP contribution < -0.4 is 21.7 Å². The highest BCUT2D eigenvalue weighted by molar-refractivity contribution is 5.95. The fourth-order valence-corrected chi connectivity index (χ4v) is 4.35. The van der Waals surface area contributed by atoms with Gasteiger partial charge in [-0.25, -0.2) is 9.78 Å². The second-order valence-electron chi connectivity index (χ2n) is 10.2. The number of benzene rings is 1. The lowest BCUT2D eigenvalue weighted by Gasteiger charge is -2.25. The lowest BCUT2D eigenvalue weighted by molar-refractivity contribution is -0.142. The number of carboxylic acid groups (broad SMARTS) is 2. The highest BCUT2D eigenvalue weighted by Gasteiger charge is 2.32. The van der Waals surface area contributed by atoms with Crippen molar-refractivity contribution >= 4 is 40.6 Å². The van der Waals surface area contributed by atoms with Crippen molar-refractivity contribution in [1.82, 2.24) is 30.9 Å². The number of aliphatic carboxylic acids is 2. The number of aromatic nitrogens is 3. The van der Waals surface area contributed by atoms with E-state index in [-0.39, 0.29) is 25.2 Å². The van der Waals surface area contributed by atoms with E-state index in [4.69, 9.17) is 10.8 Å². The number of carbonyl (C=O) groups excluding carboxylic acids is 3. The molecule has 3 aromatic rings. The number of nitrogens with two attached hydrogens (primary N) is 1. The van der Waals surface area contributed by atoms with Crippen LogP contribution in [-0.2, 0) is 36.8 Å². The maximum Gasteiger partial charge on any atom is 0.326 e. The zero-order chi connectivity index (χ0) is 30.1. The Kier molecular flexibility index (Phi) is 10.6. The first-order valence-corrected chi connectivity index (χ1v) is 13.1. The molecule has 0 radical (unpaired) electrons. The molecule has 0 fully saturated rings. The number of carboxylic acids is 2. The SMILES string of the molecule is CC(C)CC(NC(=O)C(Cc1cnc[nH]1)NC(=O)C(Cc1c[nH]c2ccccc12)NC(=O)C(N)CC(=O)O)C(=O)O. The van der Waals surface area contributed by atoms with Gasteiger partial charge in [0.2, 0.25) is 17.7 Å². The van der Waals surface area contributed by atoms with Gasteiger partial charge in [-0.1, -0.05) is 32.0 Å². The minimum Gasteiger partial charge on any atom is -0.481 e. The number of rotatable bonds is 15. The average molecular weight is 570 g/mol. The Morgan fingerprint density at radius 2 is 1.54 bits per heavy atom. The highest BCUT2D eigenvalue weighted by Crippen LogP contribution is 2.19. The van der Waals surface area contributed by atoms with Crippen LogP contribution in [0.5, 0.6) is 0 Å². The Balaban J connectivity index is 1.87. The van der Waals surface area contributed by atoms with Gasteiger partial charge in [0.15, 0.2) is 0 Å². The molecule has 2 heterocycles. The number of nitrogens with one attached hydrogen (secondary N) is 5. The molecule has 0 aliphatic rings. The van der Waals surface area contributed by atoms with Gasteiger partial charge >= 0.3 is 11.9 Å². The summed E-state index contributed by atoms with van der Waals surface area (Å²) >= 11 is 0. The second-order valence-corrected chi connectivity index (χ2v) is 10.2. The molecule has 0 spiro atoms. The molecule has 0 saturated heterocycles. The first-order valence-electron chi connectivity index (χ1n) is 13.1. The summed E-state index contributed by atoms with van der Waals surface area (Å²) in [5, 5.41) is 27.1. The maximum absolute atomic E-state index is 13.6. The van der Waals surface area contributed by atoms with Crippen molar-refractivity contribution in [2.24, 2.45) is 11.7 Å². The second kappa shape index (κ2) is 14.1. The van der Waals surface area contributed by atoms with E-state index in [1.54, 1.807) is 6.20 Å². The van der Waals surface area contributed by atoms with Gasteiger partial charge in [0.1, 0.15) is 18.1 Å². The van der Waals surface area contributed by atoms with Gasteiger partial charge in [0, 0.05) is 41.8 Å². The van der Waals surface area contributed by atoms with Crippen LogP contribution in [0.1, 0.15) is 37.9 Å². The molecule has 220 valence electrons. The molecule has 14 heteroatoms. The lowest BCUT2D eigenvalue weighted by Crippen LogP contribution is -2.58. The first kappa shape index (κ1) is 30.8. The van der Waals surface area contributed by atoms with Gasteiger partial charge in [-0.3, -0.25) is 19.2 Å². The molecule has 41 heavy (non-hydrogen) atoms. The van der Waals surface area contributed by atoms with Crippen LogP contribution in [0.2, 0.25) is 0 Å². The molecule has 1 aromatic carbocycles. The summed E-state index contributed by atoms with van der Waals surface area (Å²) < 4.78 is 0. The Hall–Kier alpha value is -4.72. The van der Waals surface area contributed by atoms with Crippen molar-refractivity contribution in [2.75, 3.05) is 0 Å². The Bertz CT molecular complexity index is 1370. The molecule has 14 nitrogen and oxygen atoms in total. The summed E-state index contributed by atoms with van der Waals surface area (Å²) in [5.41, 5.74) is 7.72. The van der Waals surface area contributed by atoms with Crippen molar-refractivity contribution in [3.63, 3.8) is 0 Å². The Morgan fingerprint density at radius 3 is 2.15 bits per heavy atom. The fourth-order valence-electron chi connectivity index (χ4n) is 4.35. The van der Waals surface area contributed by atoms with E-state index in [0.29, 0.717) is 11.3 Å². The number of aromatic amines is 2. The Labute approximate surface area is 235 Å². The van der Waals surface area contributed by atoms with E-state index in [1.807, 2.05) is 38.1 Å². The van der Waals surface area contributed by atoms with Crippen LogP contribution in [0.3, 0.4) is 0 Å². The molecule has 0 aliphatic carbocycles. The molecular formula is C27H35N7O7. The molecule has 9 N–H and O–H groups in total. The number of amides is 3. The molecule has 4 unspecified atom stereocenters. The minimum atomic E-state index is -1.41. The van der Waals surface area contributed by atoms with Gasteiger partial charge in [0.25, 0.3) is 0 Å². The minimum absolute atomic E-state index is 0.00905. The lowest BCUT2D eigenvalue weighted by atomic mass is 10.0. The van der Waals surface area contributed by atoms with Crippen LogP contribution in [-0.4, -0.2) is 79.0 Å². The van der Waals surface area contributed by atoms with Crippen molar-refractivity contribution in [3.05, 3.63) is 54.2 Å². The summed E-state index contributed by atoms with van der Waals surface area (Å²) in [7, 11) is 0. The van der Waals surface area contributed by atoms with Crippen LogP contribution in [0.4, 0.5) is 0 Å². The summed E-state index contributed by atoms with van der Waals surface area (Å²) in [5.74, 6) is -4.86. The third-order valence-electron chi connectivity index (χ3n) is 6.40. The quantitative estimate of drug-likeness (QED) is 0.123. The number of H-pyrrole nitrogens is 2. The van der Waals surface area contributed by atoms with Gasteiger partial charge in [-0.05, 0) is 24.0 Å². The smallest absolute Gasteiger partial charge is 0.326 e. The van der Waals surface area contributed by atoms with E-state index < -0.39 is 60.2 Å². The fraction of sp³-hybridized carbons (Fsp3) is 0.407. The van der Waals surface area contributed by atoms with Gasteiger partial charge in [-0.15, -0.1) is 0 Å². The average Bonchev–Trinajstić information content (AvgIpc) is 3.56. The monoisotopic (exact) mass is 569 g/mol. The molecule has 0 bridgehead atoms. The molecule has 4 atom stereocenters. The van der Waals surface area contributed by atoms with Gasteiger partial charge < -0.3 is 41.9 Å². The Morgan fingerprint density at radius 1 is 0.902 bits per heavy atom. The van der Waals surface area contributed by atoms with Crippen molar-refractivity contribution in [1.29, 1.82) is 0 Å². The van der Waals surface area contributed by atoms with E-state index in [0.717, 1.165) is 10.9 Å². The highest BCUT2D eigenvalue weighted by atomic mass is 16.4. The van der Waals surface area contributed by atoms with Crippen LogP contribution in [0.15, 0.2) is 43.0 Å². The first-order chi connectivity index (χ1) is 19.4. The molecule has 2 aromatic heterocycles. The standard InChI is InChI=1S/C27H35N7O7/c1-14(2)7-22(27(40)41)34-26(39)21(9-16-12-29-13-31-16)33-25(38)20(32-24(37)18(28)10-23(35)36)8-15-11-30-19-6-4-3-5-17(15)19/h3-6,11-14,18,20-22,30H,7-10,28H2,1-2H3,(H,29,31)(H,32,37)(H,33,38)(H,34,39)(H,35,36)(H,40,41). The topological polar surface area (TPSA) is 232 Å². The van der Waals surface area contributed by atoms with Crippen molar-refractivity contribution < 1.29 is 34.2 Å². The molecule has 3 rings (SSSR count). The van der Waals surface area contributed by atoms with Crippen LogP contribution in [0.25, 0.3) is 10.9 Å². The normalized spacial score (nSPS) is 14.1. The predicted octanol–water partition coefficient (Wildman–Crippen LogP) is 0.0633. The zero-order valence-corrected chi connectivity index (χ0v) is 22.7. The summed E-state index contributed by atoms with van der Waals surface area (Å²) in [6.07, 6.45) is 4.02. The summed E-state index contributed by atoms with van der Waals surface area (Å²) in [6, 6.07) is 2.26. The number of para-hydroxylation sites is 1. The van der Waals surface area contributed by atoms with E-state index >= 15 is 0 Å². The molecule has 0 aliphatic heterocycles. The van der Waals surface area contributed by atoms with Crippen molar-refractivity contribution in [2.45, 2.75) is 63.7 Å². The summed E-state index contributed by atoms with van der Waals surface area (Å²) in [4.78, 5) is 72.3. The third-order valence-corrected chi connectivity index (χ3v) is 6.40. The predicted molar refractivity (Wildman–Crippen MR) is 147 cm³/mol. The van der Waals surface area contributed by atoms with E-state index in [9.17, 15) is 29.1 Å². The number of nitrogens with zero attached hydrogens (tertiary/aromatic N) is 1. The van der Waals surface area contributed by atoms with Crippen LogP contribution >= 0.6 is 0 Å². The largest absolute Gasteiger partial charge is 0.481 e. The molecule has 0 saturated carbocycles. The molecule has 3 amide bonds. The number of fused-ring (bicyclic) bond motifs is 1. The summed E-state index contributed by atoms with van der Waals surface area (Å²) in [6.45, 7) is 3.64. The molecular weight excluding hydrogens is 534 g/mol. The number of hydrogen-bond donors (Lipinski definition) is 8. The number of hydrogen-bond acceptors (Lipinski definition) is 7. The van der Waals surface area contributed by atoms with Gasteiger partial charge in [0.05, 0.1) is 18.8 Å². The van der Waals surface area contributed by atoms with E-state index in [2.05, 4.69) is 30.9 Å². The number of carbonyl (C=O) groups is 5. The number of imidazole rings is 1. The van der Waals surface area contributed by atoms with Crippen molar-refractivity contribution in [3.8, 4) is 0 Å². The zero-order valence-electron chi connectivity index (χ0n) is 22.7. The van der Waals surface area contributed by atoms with E-state index in [1.165, 1.54) is 12.5 Å². The van der Waals surface area contributed by atoms with Gasteiger partial charge in [-0.2, -0.15) is 0 Å². The van der Waals surface area contributed by atoms with Crippen LogP contribution in [0, 0.1) is 5.92 Å². The maximum atomic E-state index is 13.6. The third kappa shape index (κ3) is 8.89.